The summed E-state index contributed by atoms with van der Waals surface area (Å²) in [6, 6.07) is 13.3. The topological polar surface area (TPSA) is 29.4 Å². The summed E-state index contributed by atoms with van der Waals surface area (Å²) in [6.07, 6.45) is 0. The van der Waals surface area contributed by atoms with E-state index < -0.39 is 15.2 Å². The summed E-state index contributed by atoms with van der Waals surface area (Å²) in [6.45, 7) is 1.49. The third-order valence-corrected chi connectivity index (χ3v) is 4.85. The first-order valence-corrected chi connectivity index (χ1v) is 7.30. The molecule has 106 valence electrons. The molecule has 0 N–H and O–H groups in total. The Morgan fingerprint density at radius 2 is 1.50 bits per heavy atom. The van der Waals surface area contributed by atoms with Gasteiger partial charge in [0.05, 0.1) is 10.6 Å². The number of benzene rings is 2. The molecule has 2 nitrogen and oxygen atoms in total. The van der Waals surface area contributed by atoms with E-state index in [1.807, 2.05) is 0 Å². The predicted octanol–water partition coefficient (Wildman–Crippen LogP) is 4.67. The van der Waals surface area contributed by atoms with Gasteiger partial charge in [-0.15, -0.1) is 0 Å². The van der Waals surface area contributed by atoms with Crippen LogP contribution in [0.2, 0.25) is 0 Å². The quantitative estimate of drug-likeness (QED) is 0.792. The number of halogens is 3. The first kappa shape index (κ1) is 14.6. The monoisotopic (exact) mass is 299 g/mol. The van der Waals surface area contributed by atoms with Crippen molar-refractivity contribution in [1.29, 1.82) is 0 Å². The molecule has 0 bridgehead atoms. The van der Waals surface area contributed by atoms with Gasteiger partial charge in [-0.25, -0.2) is 4.21 Å². The van der Waals surface area contributed by atoms with E-state index in [4.69, 9.17) is 0 Å². The van der Waals surface area contributed by atoms with E-state index in [1.165, 1.54) is 37.3 Å². The molecule has 0 aliphatic heterocycles. The first-order valence-electron chi connectivity index (χ1n) is 5.79. The third kappa shape index (κ3) is 2.70. The van der Waals surface area contributed by atoms with Crippen LogP contribution in [0, 0.1) is 6.92 Å². The fraction of sp³-hybridized carbons (Fsp3) is 0.143. The fourth-order valence-electron chi connectivity index (χ4n) is 1.73. The Kier molecular flexibility index (Phi) is 3.85. The number of aryl methyl sites for hydroxylation is 1. The average molecular weight is 299 g/mol. The SMILES string of the molecule is Cc1ccccc1S(=O)(=Nc1ccccc1)C(F)(F)F. The normalized spacial score (nSPS) is 14.6. The Bertz CT molecular complexity index is 717. The summed E-state index contributed by atoms with van der Waals surface area (Å²) in [7, 11) is -4.54. The van der Waals surface area contributed by atoms with Crippen molar-refractivity contribution in [3.8, 4) is 0 Å². The lowest BCUT2D eigenvalue weighted by molar-refractivity contribution is -0.0402. The number of hydrogen-bond acceptors (Lipinski definition) is 2. The molecule has 0 radical (unpaired) electrons. The molecule has 0 fully saturated rings. The second-order valence-electron chi connectivity index (χ2n) is 4.16. The van der Waals surface area contributed by atoms with Gasteiger partial charge in [0.25, 0.3) is 0 Å². The van der Waals surface area contributed by atoms with Gasteiger partial charge in [-0.05, 0) is 30.7 Å². The largest absolute Gasteiger partial charge is 0.484 e. The molecule has 0 aliphatic carbocycles. The van der Waals surface area contributed by atoms with Crippen molar-refractivity contribution in [2.24, 2.45) is 4.36 Å². The lowest BCUT2D eigenvalue weighted by atomic mass is 10.2. The first-order chi connectivity index (χ1) is 9.34. The Morgan fingerprint density at radius 3 is 2.05 bits per heavy atom. The minimum atomic E-state index is -4.94. The van der Waals surface area contributed by atoms with Crippen LogP contribution in [0.1, 0.15) is 5.56 Å². The highest BCUT2D eigenvalue weighted by atomic mass is 32.2. The van der Waals surface area contributed by atoms with Gasteiger partial charge >= 0.3 is 5.51 Å². The standard InChI is InChI=1S/C14H12F3NOS/c1-11-7-5-6-10-13(11)20(19,14(15,16)17)18-12-8-3-2-4-9-12/h2-10H,1H3. The summed E-state index contributed by atoms with van der Waals surface area (Å²) in [5.41, 5.74) is -4.60. The highest BCUT2D eigenvalue weighted by Crippen LogP contribution is 2.36. The summed E-state index contributed by atoms with van der Waals surface area (Å²) in [5, 5.41) is 0. The van der Waals surface area contributed by atoms with Gasteiger partial charge in [0.15, 0.2) is 9.73 Å². The molecular formula is C14H12F3NOS. The summed E-state index contributed by atoms with van der Waals surface area (Å²) >= 11 is 0. The maximum absolute atomic E-state index is 13.3. The highest BCUT2D eigenvalue weighted by molar-refractivity contribution is 7.94. The molecule has 6 heteroatoms. The zero-order valence-electron chi connectivity index (χ0n) is 10.6. The zero-order chi connectivity index (χ0) is 14.8. The van der Waals surface area contributed by atoms with E-state index in [-0.39, 0.29) is 10.6 Å². The van der Waals surface area contributed by atoms with Gasteiger partial charge in [0, 0.05) is 0 Å². The molecule has 0 aliphatic rings. The van der Waals surface area contributed by atoms with Crippen LogP contribution in [-0.4, -0.2) is 9.72 Å². The highest BCUT2D eigenvalue weighted by Gasteiger charge is 2.45. The molecule has 0 heterocycles. The molecule has 20 heavy (non-hydrogen) atoms. The third-order valence-electron chi connectivity index (χ3n) is 2.70. The molecule has 2 rings (SSSR count). The van der Waals surface area contributed by atoms with Crippen LogP contribution in [0.3, 0.4) is 0 Å². The fourth-order valence-corrected chi connectivity index (χ4v) is 3.37. The molecule has 2 aromatic rings. The van der Waals surface area contributed by atoms with Gasteiger partial charge in [-0.2, -0.15) is 17.5 Å². The van der Waals surface area contributed by atoms with Gasteiger partial charge in [0.1, 0.15) is 0 Å². The van der Waals surface area contributed by atoms with Crippen LogP contribution in [-0.2, 0) is 9.73 Å². The molecule has 1 atom stereocenters. The minimum Gasteiger partial charge on any atom is -0.235 e. The van der Waals surface area contributed by atoms with Crippen LogP contribution < -0.4 is 0 Å². The zero-order valence-corrected chi connectivity index (χ0v) is 11.4. The molecular weight excluding hydrogens is 287 g/mol. The maximum Gasteiger partial charge on any atom is 0.484 e. The molecule has 0 aromatic heterocycles. The Morgan fingerprint density at radius 1 is 0.950 bits per heavy atom. The molecule has 0 amide bonds. The van der Waals surface area contributed by atoms with Crippen molar-refractivity contribution in [2.75, 3.05) is 0 Å². The summed E-state index contributed by atoms with van der Waals surface area (Å²) in [4.78, 5) is -0.295. The van der Waals surface area contributed by atoms with E-state index in [0.717, 1.165) is 0 Å². The van der Waals surface area contributed by atoms with Gasteiger partial charge < -0.3 is 0 Å². The Labute approximate surface area is 115 Å². The maximum atomic E-state index is 13.3. The van der Waals surface area contributed by atoms with E-state index in [1.54, 1.807) is 24.3 Å². The number of alkyl halides is 3. The number of nitrogens with zero attached hydrogens (tertiary/aromatic N) is 1. The minimum absolute atomic E-state index is 0.0399. The smallest absolute Gasteiger partial charge is 0.235 e. The summed E-state index contributed by atoms with van der Waals surface area (Å²) in [5.74, 6) is 0. The van der Waals surface area contributed by atoms with Crippen LogP contribution in [0.5, 0.6) is 0 Å². The van der Waals surface area contributed by atoms with E-state index in [0.29, 0.717) is 5.56 Å². The second-order valence-corrected chi connectivity index (χ2v) is 6.30. The van der Waals surface area contributed by atoms with Crippen LogP contribution in [0.15, 0.2) is 63.9 Å². The number of hydrogen-bond donors (Lipinski definition) is 0. The Balaban J connectivity index is 2.75. The van der Waals surface area contributed by atoms with Gasteiger partial charge in [-0.3, -0.25) is 0 Å². The van der Waals surface area contributed by atoms with Crippen molar-refractivity contribution in [3.63, 3.8) is 0 Å². The van der Waals surface area contributed by atoms with E-state index in [2.05, 4.69) is 4.36 Å². The lowest BCUT2D eigenvalue weighted by Crippen LogP contribution is -2.23. The molecule has 0 saturated carbocycles. The van der Waals surface area contributed by atoms with Crippen molar-refractivity contribution in [1.82, 2.24) is 0 Å². The second kappa shape index (κ2) is 5.28. The van der Waals surface area contributed by atoms with E-state index in [9.17, 15) is 17.4 Å². The average Bonchev–Trinajstić information content (AvgIpc) is 2.39. The van der Waals surface area contributed by atoms with Gasteiger partial charge in [-0.1, -0.05) is 36.4 Å². The lowest BCUT2D eigenvalue weighted by Gasteiger charge is -2.15. The van der Waals surface area contributed by atoms with Crippen LogP contribution in [0.25, 0.3) is 0 Å². The van der Waals surface area contributed by atoms with Crippen LogP contribution >= 0.6 is 0 Å². The van der Waals surface area contributed by atoms with E-state index >= 15 is 0 Å². The van der Waals surface area contributed by atoms with Crippen molar-refractivity contribution in [2.45, 2.75) is 17.3 Å². The molecule has 0 saturated heterocycles. The molecule has 1 unspecified atom stereocenters. The predicted molar refractivity (Wildman–Crippen MR) is 72.2 cm³/mol. The van der Waals surface area contributed by atoms with Crippen molar-refractivity contribution in [3.05, 3.63) is 60.2 Å². The van der Waals surface area contributed by atoms with Gasteiger partial charge in [0.2, 0.25) is 0 Å². The Hall–Kier alpha value is -1.82. The summed E-state index contributed by atoms with van der Waals surface area (Å²) < 4.78 is 55.9. The molecule has 0 spiro atoms. The van der Waals surface area contributed by atoms with Crippen molar-refractivity contribution >= 4 is 15.4 Å². The van der Waals surface area contributed by atoms with Crippen molar-refractivity contribution < 1.29 is 17.4 Å². The number of rotatable bonds is 2. The molecule has 2 aromatic carbocycles. The van der Waals surface area contributed by atoms with Crippen LogP contribution in [0.4, 0.5) is 18.9 Å².